The monoisotopic (exact) mass is 317 g/mol. The van der Waals surface area contributed by atoms with Crippen molar-refractivity contribution in [2.45, 2.75) is 39.7 Å². The molecule has 4 nitrogen and oxygen atoms in total. The molecular formula is C17H23N3OS. The van der Waals surface area contributed by atoms with Crippen molar-refractivity contribution in [1.29, 1.82) is 0 Å². The lowest BCUT2D eigenvalue weighted by atomic mass is 9.99. The summed E-state index contributed by atoms with van der Waals surface area (Å²) in [5, 5.41) is 4.41. The van der Waals surface area contributed by atoms with Crippen molar-refractivity contribution in [1.82, 2.24) is 9.88 Å². The maximum absolute atomic E-state index is 12.5. The van der Waals surface area contributed by atoms with E-state index in [1.165, 1.54) is 0 Å². The molecule has 1 aliphatic heterocycles. The van der Waals surface area contributed by atoms with Gasteiger partial charge in [0.15, 0.2) is 0 Å². The molecule has 2 aromatic rings. The predicted octanol–water partition coefficient (Wildman–Crippen LogP) is 3.66. The first-order valence-corrected chi connectivity index (χ1v) is 8.77. The number of nitrogens with one attached hydrogen (secondary N) is 1. The Bertz CT molecular complexity index is 674. The molecule has 1 amide bonds. The standard InChI is InChI=1S/C17H23N3OS/c1-11-6-8-20(9-7-11)17(21)12(2)18-14-4-5-15-16(10-14)22-13(3)19-15/h4-5,10-12,18H,6-9H2,1-3H3. The lowest BCUT2D eigenvalue weighted by molar-refractivity contribution is -0.132. The van der Waals surface area contributed by atoms with Crippen molar-refractivity contribution in [2.75, 3.05) is 18.4 Å². The highest BCUT2D eigenvalue weighted by Gasteiger charge is 2.24. The van der Waals surface area contributed by atoms with E-state index >= 15 is 0 Å². The van der Waals surface area contributed by atoms with Crippen LogP contribution >= 0.6 is 11.3 Å². The van der Waals surface area contributed by atoms with Crippen molar-refractivity contribution >= 4 is 33.1 Å². The Kier molecular flexibility index (Phi) is 4.34. The fourth-order valence-corrected chi connectivity index (χ4v) is 3.81. The first-order valence-electron chi connectivity index (χ1n) is 7.95. The number of hydrogen-bond donors (Lipinski definition) is 1. The Labute approximate surface area is 135 Å². The second-order valence-corrected chi connectivity index (χ2v) is 7.52. The number of amides is 1. The lowest BCUT2D eigenvalue weighted by Gasteiger charge is -2.32. The van der Waals surface area contributed by atoms with Crippen molar-refractivity contribution in [3.8, 4) is 0 Å². The fraction of sp³-hybridized carbons (Fsp3) is 0.529. The minimum atomic E-state index is -0.195. The number of nitrogens with zero attached hydrogens (tertiary/aromatic N) is 2. The molecule has 1 atom stereocenters. The van der Waals surface area contributed by atoms with Crippen molar-refractivity contribution in [3.63, 3.8) is 0 Å². The van der Waals surface area contributed by atoms with Crippen LogP contribution in [-0.2, 0) is 4.79 Å². The summed E-state index contributed by atoms with van der Waals surface area (Å²) in [6.45, 7) is 8.00. The van der Waals surface area contributed by atoms with Crippen molar-refractivity contribution in [3.05, 3.63) is 23.2 Å². The Morgan fingerprint density at radius 1 is 1.41 bits per heavy atom. The summed E-state index contributed by atoms with van der Waals surface area (Å²) < 4.78 is 1.16. The molecule has 1 N–H and O–H groups in total. The van der Waals surface area contributed by atoms with Gasteiger partial charge in [-0.25, -0.2) is 4.98 Å². The van der Waals surface area contributed by atoms with E-state index in [9.17, 15) is 4.79 Å². The molecule has 0 radical (unpaired) electrons. The molecule has 5 heteroatoms. The first kappa shape index (κ1) is 15.3. The number of benzene rings is 1. The molecule has 0 aliphatic carbocycles. The summed E-state index contributed by atoms with van der Waals surface area (Å²) in [7, 11) is 0. The number of piperidine rings is 1. The van der Waals surface area contributed by atoms with Crippen LogP contribution in [0, 0.1) is 12.8 Å². The SMILES string of the molecule is Cc1nc2ccc(NC(C)C(=O)N3CCC(C)CC3)cc2s1. The van der Waals surface area contributed by atoms with Crippen LogP contribution in [-0.4, -0.2) is 34.9 Å². The predicted molar refractivity (Wildman–Crippen MR) is 92.4 cm³/mol. The van der Waals surface area contributed by atoms with Gasteiger partial charge >= 0.3 is 0 Å². The Hall–Kier alpha value is -1.62. The second kappa shape index (κ2) is 6.24. The average Bonchev–Trinajstić information content (AvgIpc) is 2.86. The molecule has 22 heavy (non-hydrogen) atoms. The number of hydrogen-bond acceptors (Lipinski definition) is 4. The van der Waals surface area contributed by atoms with Crippen LogP contribution in [0.15, 0.2) is 18.2 Å². The molecule has 118 valence electrons. The molecule has 0 spiro atoms. The maximum Gasteiger partial charge on any atom is 0.244 e. The molecule has 1 aromatic carbocycles. The highest BCUT2D eigenvalue weighted by Crippen LogP contribution is 2.25. The minimum Gasteiger partial charge on any atom is -0.374 e. The number of thiazole rings is 1. The summed E-state index contributed by atoms with van der Waals surface area (Å²) in [6.07, 6.45) is 2.23. The largest absolute Gasteiger partial charge is 0.374 e. The van der Waals surface area contributed by atoms with Crippen LogP contribution in [0.5, 0.6) is 0 Å². The van der Waals surface area contributed by atoms with E-state index in [-0.39, 0.29) is 11.9 Å². The van der Waals surface area contributed by atoms with Crippen molar-refractivity contribution in [2.24, 2.45) is 5.92 Å². The van der Waals surface area contributed by atoms with Crippen LogP contribution in [0.2, 0.25) is 0 Å². The summed E-state index contributed by atoms with van der Waals surface area (Å²) >= 11 is 1.68. The normalized spacial score (nSPS) is 17.7. The van der Waals surface area contributed by atoms with Crippen LogP contribution in [0.1, 0.15) is 31.7 Å². The molecule has 2 heterocycles. The van der Waals surface area contributed by atoms with Gasteiger partial charge in [0.25, 0.3) is 0 Å². The quantitative estimate of drug-likeness (QED) is 0.939. The highest BCUT2D eigenvalue weighted by atomic mass is 32.1. The van der Waals surface area contributed by atoms with Gasteiger partial charge in [-0.2, -0.15) is 0 Å². The van der Waals surface area contributed by atoms with E-state index in [4.69, 9.17) is 0 Å². The van der Waals surface area contributed by atoms with Crippen LogP contribution < -0.4 is 5.32 Å². The van der Waals surface area contributed by atoms with Gasteiger partial charge in [-0.15, -0.1) is 11.3 Å². The smallest absolute Gasteiger partial charge is 0.244 e. The molecular weight excluding hydrogens is 294 g/mol. The van der Waals surface area contributed by atoms with Gasteiger partial charge in [0.1, 0.15) is 6.04 Å². The number of carbonyl (C=O) groups is 1. The van der Waals surface area contributed by atoms with E-state index in [2.05, 4.69) is 23.3 Å². The third-order valence-corrected chi connectivity index (χ3v) is 5.28. The number of rotatable bonds is 3. The maximum atomic E-state index is 12.5. The molecule has 1 saturated heterocycles. The number of aryl methyl sites for hydroxylation is 1. The molecule has 1 fully saturated rings. The topological polar surface area (TPSA) is 45.2 Å². The molecule has 0 bridgehead atoms. The number of aromatic nitrogens is 1. The van der Waals surface area contributed by atoms with Gasteiger partial charge in [0.05, 0.1) is 15.2 Å². The zero-order valence-electron chi connectivity index (χ0n) is 13.4. The number of likely N-dealkylation sites (tertiary alicyclic amines) is 1. The first-order chi connectivity index (χ1) is 10.5. The van der Waals surface area contributed by atoms with Crippen LogP contribution in [0.4, 0.5) is 5.69 Å². The summed E-state index contributed by atoms with van der Waals surface area (Å²) in [5.41, 5.74) is 2.01. The van der Waals surface area contributed by atoms with E-state index < -0.39 is 0 Å². The minimum absolute atomic E-state index is 0.195. The van der Waals surface area contributed by atoms with Crippen LogP contribution in [0.3, 0.4) is 0 Å². The molecule has 3 rings (SSSR count). The summed E-state index contributed by atoms with van der Waals surface area (Å²) in [6, 6.07) is 5.91. The van der Waals surface area contributed by atoms with Gasteiger partial charge in [0, 0.05) is 18.8 Å². The third kappa shape index (κ3) is 3.24. The van der Waals surface area contributed by atoms with Crippen molar-refractivity contribution < 1.29 is 4.79 Å². The van der Waals surface area contributed by atoms with E-state index in [0.717, 1.165) is 52.8 Å². The summed E-state index contributed by atoms with van der Waals surface area (Å²) in [4.78, 5) is 19.0. The van der Waals surface area contributed by atoms with E-state index in [1.807, 2.05) is 30.9 Å². The molecule has 0 saturated carbocycles. The fourth-order valence-electron chi connectivity index (χ4n) is 2.94. The van der Waals surface area contributed by atoms with Gasteiger partial charge in [-0.05, 0) is 50.8 Å². The molecule has 1 unspecified atom stereocenters. The van der Waals surface area contributed by atoms with E-state index in [1.54, 1.807) is 11.3 Å². The number of anilines is 1. The van der Waals surface area contributed by atoms with Gasteiger partial charge < -0.3 is 10.2 Å². The van der Waals surface area contributed by atoms with Crippen LogP contribution in [0.25, 0.3) is 10.2 Å². The zero-order chi connectivity index (χ0) is 15.7. The van der Waals surface area contributed by atoms with E-state index in [0.29, 0.717) is 0 Å². The van der Waals surface area contributed by atoms with Gasteiger partial charge in [0.2, 0.25) is 5.91 Å². The Morgan fingerprint density at radius 2 is 2.14 bits per heavy atom. The Morgan fingerprint density at radius 3 is 2.86 bits per heavy atom. The summed E-state index contributed by atoms with van der Waals surface area (Å²) in [5.74, 6) is 0.941. The number of carbonyl (C=O) groups excluding carboxylic acids is 1. The van der Waals surface area contributed by atoms with Gasteiger partial charge in [-0.3, -0.25) is 4.79 Å². The molecule has 1 aromatic heterocycles. The highest BCUT2D eigenvalue weighted by molar-refractivity contribution is 7.18. The van der Waals surface area contributed by atoms with Gasteiger partial charge in [-0.1, -0.05) is 6.92 Å². The zero-order valence-corrected chi connectivity index (χ0v) is 14.2. The third-order valence-electron chi connectivity index (χ3n) is 4.34. The Balaban J connectivity index is 1.66. The second-order valence-electron chi connectivity index (χ2n) is 6.29. The lowest BCUT2D eigenvalue weighted by Crippen LogP contribution is -2.45. The number of fused-ring (bicyclic) bond motifs is 1. The average molecular weight is 317 g/mol. The molecule has 1 aliphatic rings.